The van der Waals surface area contributed by atoms with Crippen LogP contribution in [0.25, 0.3) is 76.8 Å². The molecule has 1 aliphatic carbocycles. The summed E-state index contributed by atoms with van der Waals surface area (Å²) in [5, 5.41) is 7.92. The van der Waals surface area contributed by atoms with Gasteiger partial charge in [-0.3, -0.25) is 0 Å². The first-order chi connectivity index (χ1) is 27.4. The number of para-hydroxylation sites is 1. The first-order valence-corrected chi connectivity index (χ1v) is 20.4. The summed E-state index contributed by atoms with van der Waals surface area (Å²) in [4.78, 5) is 2.72. The van der Waals surface area contributed by atoms with E-state index in [-0.39, 0.29) is 11.0 Å². The van der Waals surface area contributed by atoms with E-state index >= 15 is 0 Å². The lowest BCUT2D eigenvalue weighted by atomic mass is 9.61. The second-order valence-electron chi connectivity index (χ2n) is 16.8. The Kier molecular flexibility index (Phi) is 7.36. The molecule has 0 amide bonds. The number of hydrogen-bond acceptors (Lipinski definition) is 1. The van der Waals surface area contributed by atoms with E-state index in [0.717, 1.165) is 0 Å². The minimum absolute atomic E-state index is 0.00213. The van der Waals surface area contributed by atoms with E-state index in [4.69, 9.17) is 0 Å². The van der Waals surface area contributed by atoms with Gasteiger partial charge in [0.2, 0.25) is 0 Å². The van der Waals surface area contributed by atoms with Crippen molar-refractivity contribution in [2.24, 2.45) is 0 Å². The molecule has 0 bridgehead atoms. The summed E-state index contributed by atoms with van der Waals surface area (Å²) in [7, 11) is 0. The Morgan fingerprint density at radius 2 is 0.839 bits per heavy atom. The Balaban J connectivity index is 1.25. The lowest BCUT2D eigenvalue weighted by Gasteiger charge is -2.50. The lowest BCUT2D eigenvalue weighted by Crippen LogP contribution is -2.54. The van der Waals surface area contributed by atoms with Crippen LogP contribution in [0.5, 0.6) is 0 Å². The summed E-state index contributed by atoms with van der Waals surface area (Å²) in [6.07, 6.45) is 4.91. The maximum Gasteiger partial charge on any atom is 0.0518 e. The maximum absolute atomic E-state index is 2.72. The lowest BCUT2D eigenvalue weighted by molar-refractivity contribution is 0.195. The van der Waals surface area contributed by atoms with Crippen LogP contribution < -0.4 is 4.90 Å². The zero-order chi connectivity index (χ0) is 37.6. The molecule has 1 heteroatoms. The number of fused-ring (bicyclic) bond motifs is 3. The Morgan fingerprint density at radius 3 is 1.30 bits per heavy atom. The summed E-state index contributed by atoms with van der Waals surface area (Å²) in [6.45, 7) is 7.46. The number of nitrogens with zero attached hydrogens (tertiary/aromatic N) is 1. The fourth-order valence-electron chi connectivity index (χ4n) is 11.0. The van der Waals surface area contributed by atoms with Crippen molar-refractivity contribution in [2.75, 3.05) is 4.90 Å². The standard InChI is InChI=1S/C55H45N/c1-36-32-40(33-50-53(36)56(41-24-14-7-15-25-41)55(3)31-17-16-30-54(50,55)2)49-35-48(39-22-12-6-13-23-39)44-27-26-42-46(37-18-8-4-9-19-37)34-47(38-20-10-5-11-21-38)43-28-29-45(49)52(44)51(42)43/h4-15,18-29,32-35H,16-17,30-31H2,1-3H3. The van der Waals surface area contributed by atoms with Gasteiger partial charge in [0, 0.05) is 16.8 Å². The van der Waals surface area contributed by atoms with E-state index in [1.165, 1.54) is 125 Å². The van der Waals surface area contributed by atoms with E-state index in [0.29, 0.717) is 0 Å². The zero-order valence-corrected chi connectivity index (χ0v) is 32.4. The van der Waals surface area contributed by atoms with Crippen LogP contribution in [0.15, 0.2) is 170 Å². The Morgan fingerprint density at radius 1 is 0.429 bits per heavy atom. The number of aryl methyl sites for hydroxylation is 1. The first-order valence-electron chi connectivity index (χ1n) is 20.4. The highest BCUT2D eigenvalue weighted by atomic mass is 15.3. The number of anilines is 2. The predicted molar refractivity (Wildman–Crippen MR) is 239 cm³/mol. The summed E-state index contributed by atoms with van der Waals surface area (Å²) < 4.78 is 0. The minimum Gasteiger partial charge on any atom is -0.334 e. The van der Waals surface area contributed by atoms with Gasteiger partial charge in [-0.15, -0.1) is 0 Å². The van der Waals surface area contributed by atoms with Gasteiger partial charge in [-0.1, -0.05) is 153 Å². The third kappa shape index (κ3) is 4.67. The highest BCUT2D eigenvalue weighted by Crippen LogP contribution is 2.62. The van der Waals surface area contributed by atoms with Gasteiger partial charge in [-0.25, -0.2) is 0 Å². The van der Waals surface area contributed by atoms with Gasteiger partial charge in [0.05, 0.1) is 5.54 Å². The molecule has 1 fully saturated rings. The highest BCUT2D eigenvalue weighted by molar-refractivity contribution is 6.32. The molecule has 56 heavy (non-hydrogen) atoms. The minimum atomic E-state index is -0.00213. The van der Waals surface area contributed by atoms with Crippen LogP contribution in [0.3, 0.4) is 0 Å². The average Bonchev–Trinajstić information content (AvgIpc) is 3.47. The van der Waals surface area contributed by atoms with Crippen LogP contribution in [0.2, 0.25) is 0 Å². The average molecular weight is 720 g/mol. The number of hydrogen-bond donors (Lipinski definition) is 0. The summed E-state index contributed by atoms with van der Waals surface area (Å²) in [6, 6.07) is 63.7. The monoisotopic (exact) mass is 719 g/mol. The van der Waals surface area contributed by atoms with Gasteiger partial charge >= 0.3 is 0 Å². The zero-order valence-electron chi connectivity index (χ0n) is 32.4. The van der Waals surface area contributed by atoms with Crippen molar-refractivity contribution in [2.45, 2.75) is 57.4 Å². The van der Waals surface area contributed by atoms with Crippen LogP contribution in [0.1, 0.15) is 50.7 Å². The molecule has 1 saturated carbocycles. The molecule has 2 aliphatic rings. The predicted octanol–water partition coefficient (Wildman–Crippen LogP) is 15.3. The number of benzene rings is 9. The molecule has 1 heterocycles. The van der Waals surface area contributed by atoms with Crippen molar-refractivity contribution >= 4 is 43.7 Å². The molecule has 9 aromatic carbocycles. The normalized spacial score (nSPS) is 19.2. The smallest absolute Gasteiger partial charge is 0.0518 e. The second kappa shape index (κ2) is 12.4. The van der Waals surface area contributed by atoms with Crippen molar-refractivity contribution in [3.63, 3.8) is 0 Å². The van der Waals surface area contributed by atoms with Crippen LogP contribution in [0.4, 0.5) is 11.4 Å². The van der Waals surface area contributed by atoms with Gasteiger partial charge in [0.15, 0.2) is 0 Å². The van der Waals surface area contributed by atoms with Gasteiger partial charge in [-0.05, 0) is 151 Å². The molecule has 0 radical (unpaired) electrons. The molecule has 11 rings (SSSR count). The first kappa shape index (κ1) is 33.2. The van der Waals surface area contributed by atoms with Crippen molar-refractivity contribution in [3.05, 3.63) is 181 Å². The Hall–Kier alpha value is -6.18. The molecule has 2 unspecified atom stereocenters. The Labute approximate surface area is 330 Å². The molecule has 0 aromatic heterocycles. The fourth-order valence-corrected chi connectivity index (χ4v) is 11.0. The summed E-state index contributed by atoms with van der Waals surface area (Å²) >= 11 is 0. The number of rotatable bonds is 5. The van der Waals surface area contributed by atoms with Gasteiger partial charge in [-0.2, -0.15) is 0 Å². The molecule has 0 saturated heterocycles. The van der Waals surface area contributed by atoms with Crippen LogP contribution in [0, 0.1) is 6.92 Å². The summed E-state index contributed by atoms with van der Waals surface area (Å²) in [5.74, 6) is 0. The molecular weight excluding hydrogens is 675 g/mol. The van der Waals surface area contributed by atoms with Gasteiger partial charge < -0.3 is 4.90 Å². The largest absolute Gasteiger partial charge is 0.334 e. The van der Waals surface area contributed by atoms with Crippen molar-refractivity contribution < 1.29 is 0 Å². The van der Waals surface area contributed by atoms with E-state index in [1.807, 2.05) is 0 Å². The molecule has 0 N–H and O–H groups in total. The van der Waals surface area contributed by atoms with E-state index in [2.05, 4.69) is 196 Å². The van der Waals surface area contributed by atoms with Crippen LogP contribution >= 0.6 is 0 Å². The molecule has 9 aromatic rings. The molecule has 0 spiro atoms. The maximum atomic E-state index is 2.72. The molecular formula is C55H45N. The van der Waals surface area contributed by atoms with Crippen molar-refractivity contribution in [3.8, 4) is 44.5 Å². The third-order valence-electron chi connectivity index (χ3n) is 13.9. The van der Waals surface area contributed by atoms with Crippen molar-refractivity contribution in [1.29, 1.82) is 0 Å². The third-order valence-corrected chi connectivity index (χ3v) is 13.9. The summed E-state index contributed by atoms with van der Waals surface area (Å²) in [5.41, 5.74) is 15.8. The van der Waals surface area contributed by atoms with Crippen LogP contribution in [-0.2, 0) is 5.41 Å². The molecule has 270 valence electrons. The fraction of sp³-hybridized carbons (Fsp3) is 0.164. The van der Waals surface area contributed by atoms with Gasteiger partial charge in [0.25, 0.3) is 0 Å². The second-order valence-corrected chi connectivity index (χ2v) is 16.8. The van der Waals surface area contributed by atoms with Crippen molar-refractivity contribution in [1.82, 2.24) is 0 Å². The van der Waals surface area contributed by atoms with E-state index in [9.17, 15) is 0 Å². The van der Waals surface area contributed by atoms with E-state index < -0.39 is 0 Å². The SMILES string of the molecule is Cc1cc(-c2cc(-c3ccccc3)c3ccc4c(-c5ccccc5)cc(-c5ccccc5)c5ccc2c3c45)cc2c1N(c1ccccc1)C1(C)CCCCC21C. The molecule has 2 atom stereocenters. The topological polar surface area (TPSA) is 3.24 Å². The van der Waals surface area contributed by atoms with Gasteiger partial charge in [0.1, 0.15) is 0 Å². The van der Waals surface area contributed by atoms with E-state index in [1.54, 1.807) is 0 Å². The Bertz CT molecular complexity index is 2870. The quantitative estimate of drug-likeness (QED) is 0.160. The molecule has 1 nitrogen and oxygen atoms in total. The highest BCUT2D eigenvalue weighted by Gasteiger charge is 2.58. The molecule has 1 aliphatic heterocycles. The van der Waals surface area contributed by atoms with Crippen LogP contribution in [-0.4, -0.2) is 5.54 Å².